The molecule has 0 spiro atoms. The number of nitrogens with zero attached hydrogens (tertiary/aromatic N) is 2. The van der Waals surface area contributed by atoms with Crippen molar-refractivity contribution in [2.24, 2.45) is 5.92 Å². The number of quaternary nitrogens is 1. The van der Waals surface area contributed by atoms with E-state index < -0.39 is 5.09 Å². The quantitative estimate of drug-likeness (QED) is 0.423. The Kier molecular flexibility index (Phi) is 7.82. The Labute approximate surface area is 103 Å². The largest absolute Gasteiger partial charge is 0.356 e. The Morgan fingerprint density at radius 1 is 1.29 bits per heavy atom. The number of rotatable bonds is 5. The van der Waals surface area contributed by atoms with Gasteiger partial charge in [0, 0.05) is 25.4 Å². The van der Waals surface area contributed by atoms with Crippen LogP contribution in [0.4, 0.5) is 0 Å². The summed E-state index contributed by atoms with van der Waals surface area (Å²) in [5.41, 5.74) is 0. The van der Waals surface area contributed by atoms with E-state index in [0.717, 1.165) is 19.3 Å². The topological polar surface area (TPSA) is 75.4 Å². The molecule has 1 saturated heterocycles. The van der Waals surface area contributed by atoms with Crippen molar-refractivity contribution in [2.45, 2.75) is 33.6 Å². The molecule has 0 radical (unpaired) electrons. The van der Waals surface area contributed by atoms with Crippen LogP contribution in [0.3, 0.4) is 0 Å². The maximum atomic E-state index is 8.25. The lowest BCUT2D eigenvalue weighted by molar-refractivity contribution is -0.937. The van der Waals surface area contributed by atoms with E-state index in [9.17, 15) is 0 Å². The smallest absolute Gasteiger partial charge is 0.183 e. The number of ether oxygens (including phenoxy) is 1. The van der Waals surface area contributed by atoms with E-state index >= 15 is 0 Å². The first kappa shape index (κ1) is 16.1. The molecule has 6 heteroatoms. The molecule has 0 aromatic rings. The molecular formula is C11H24N2O4. The highest BCUT2D eigenvalue weighted by Gasteiger charge is 2.32. The zero-order chi connectivity index (χ0) is 13.3. The zero-order valence-electron chi connectivity index (χ0n) is 11.1. The average Bonchev–Trinajstić information content (AvgIpc) is 2.62. The SMILES string of the molecule is CCOC[N+]1(CC(C)C)CCCC1.O=[N+]([O-])[O-]. The Morgan fingerprint density at radius 3 is 2.12 bits per heavy atom. The van der Waals surface area contributed by atoms with Gasteiger partial charge in [0.2, 0.25) is 0 Å². The molecule has 0 aromatic heterocycles. The number of likely N-dealkylation sites (tertiary alicyclic amines) is 1. The fourth-order valence-electron chi connectivity index (χ4n) is 2.43. The normalized spacial score (nSPS) is 17.6. The van der Waals surface area contributed by atoms with Crippen LogP contribution < -0.4 is 0 Å². The molecule has 0 unspecified atom stereocenters. The first-order valence-electron chi connectivity index (χ1n) is 6.16. The maximum Gasteiger partial charge on any atom is 0.183 e. The molecule has 6 nitrogen and oxygen atoms in total. The third-order valence-corrected chi connectivity index (χ3v) is 2.84. The van der Waals surface area contributed by atoms with Crippen LogP contribution in [0.25, 0.3) is 0 Å². The van der Waals surface area contributed by atoms with Gasteiger partial charge in [0.1, 0.15) is 0 Å². The Balaban J connectivity index is 0.000000557. The van der Waals surface area contributed by atoms with E-state index in [4.69, 9.17) is 20.1 Å². The molecule has 0 atom stereocenters. The van der Waals surface area contributed by atoms with E-state index in [2.05, 4.69) is 20.8 Å². The Morgan fingerprint density at radius 2 is 1.76 bits per heavy atom. The summed E-state index contributed by atoms with van der Waals surface area (Å²) in [6.07, 6.45) is 2.78. The van der Waals surface area contributed by atoms with Gasteiger partial charge >= 0.3 is 0 Å². The van der Waals surface area contributed by atoms with Gasteiger partial charge in [-0.25, -0.2) is 0 Å². The van der Waals surface area contributed by atoms with Crippen LogP contribution in [0.1, 0.15) is 33.6 Å². The lowest BCUT2D eigenvalue weighted by atomic mass is 10.2. The highest BCUT2D eigenvalue weighted by atomic mass is 16.9. The summed E-state index contributed by atoms with van der Waals surface area (Å²) in [4.78, 5) is 8.25. The Bertz CT molecular complexity index is 212. The monoisotopic (exact) mass is 248 g/mol. The van der Waals surface area contributed by atoms with Gasteiger partial charge in [-0.15, -0.1) is 0 Å². The second-order valence-corrected chi connectivity index (χ2v) is 4.92. The predicted molar refractivity (Wildman–Crippen MR) is 65.8 cm³/mol. The van der Waals surface area contributed by atoms with E-state index in [1.54, 1.807) is 0 Å². The van der Waals surface area contributed by atoms with Crippen molar-refractivity contribution in [2.75, 3.05) is 33.0 Å². The highest BCUT2D eigenvalue weighted by Crippen LogP contribution is 2.21. The molecule has 1 aliphatic heterocycles. The highest BCUT2D eigenvalue weighted by molar-refractivity contribution is 4.54. The van der Waals surface area contributed by atoms with E-state index in [1.165, 1.54) is 37.0 Å². The van der Waals surface area contributed by atoms with Crippen molar-refractivity contribution in [3.05, 3.63) is 15.3 Å². The summed E-state index contributed by atoms with van der Waals surface area (Å²) in [6, 6.07) is 0. The summed E-state index contributed by atoms with van der Waals surface area (Å²) >= 11 is 0. The van der Waals surface area contributed by atoms with Crippen LogP contribution in [0.15, 0.2) is 0 Å². The molecule has 0 aliphatic carbocycles. The Hall–Kier alpha value is -0.880. The van der Waals surface area contributed by atoms with Crippen molar-refractivity contribution in [3.63, 3.8) is 0 Å². The lowest BCUT2D eigenvalue weighted by Gasteiger charge is -2.35. The van der Waals surface area contributed by atoms with Crippen LogP contribution in [0.2, 0.25) is 0 Å². The molecule has 0 N–H and O–H groups in total. The minimum atomic E-state index is -1.75. The van der Waals surface area contributed by atoms with Gasteiger partial charge in [-0.3, -0.25) is 0 Å². The molecule has 0 amide bonds. The molecule has 0 aromatic carbocycles. The second-order valence-electron chi connectivity index (χ2n) is 4.92. The maximum absolute atomic E-state index is 8.25. The average molecular weight is 248 g/mol. The summed E-state index contributed by atoms with van der Waals surface area (Å²) in [5.74, 6) is 0.790. The molecule has 102 valence electrons. The molecular weight excluding hydrogens is 224 g/mol. The molecule has 0 bridgehead atoms. The first-order valence-corrected chi connectivity index (χ1v) is 6.16. The predicted octanol–water partition coefficient (Wildman–Crippen LogP) is 2.01. The molecule has 0 saturated carbocycles. The van der Waals surface area contributed by atoms with Gasteiger partial charge in [0.15, 0.2) is 6.73 Å². The van der Waals surface area contributed by atoms with Crippen molar-refractivity contribution < 1.29 is 14.3 Å². The van der Waals surface area contributed by atoms with E-state index in [1.807, 2.05) is 0 Å². The molecule has 1 heterocycles. The van der Waals surface area contributed by atoms with Crippen LogP contribution in [0, 0.1) is 21.2 Å². The van der Waals surface area contributed by atoms with Gasteiger partial charge < -0.3 is 24.5 Å². The van der Waals surface area contributed by atoms with Gasteiger partial charge in [0.25, 0.3) is 0 Å². The minimum Gasteiger partial charge on any atom is -0.356 e. The summed E-state index contributed by atoms with van der Waals surface area (Å²) in [7, 11) is 0. The van der Waals surface area contributed by atoms with Crippen LogP contribution in [0.5, 0.6) is 0 Å². The van der Waals surface area contributed by atoms with Crippen LogP contribution >= 0.6 is 0 Å². The fraction of sp³-hybridized carbons (Fsp3) is 1.00. The second kappa shape index (κ2) is 8.25. The number of hydrogen-bond donors (Lipinski definition) is 0. The van der Waals surface area contributed by atoms with Crippen molar-refractivity contribution in [1.29, 1.82) is 0 Å². The van der Waals surface area contributed by atoms with Crippen molar-refractivity contribution >= 4 is 0 Å². The van der Waals surface area contributed by atoms with Crippen LogP contribution in [-0.2, 0) is 4.74 Å². The fourth-order valence-corrected chi connectivity index (χ4v) is 2.43. The van der Waals surface area contributed by atoms with E-state index in [0.29, 0.717) is 0 Å². The summed E-state index contributed by atoms with van der Waals surface area (Å²) in [6.45, 7) is 12.5. The minimum absolute atomic E-state index is 0.790. The third kappa shape index (κ3) is 7.93. The molecule has 1 aliphatic rings. The van der Waals surface area contributed by atoms with Crippen molar-refractivity contribution in [3.8, 4) is 0 Å². The molecule has 17 heavy (non-hydrogen) atoms. The molecule has 1 rings (SSSR count). The first-order chi connectivity index (χ1) is 7.92. The van der Waals surface area contributed by atoms with Gasteiger partial charge in [-0.2, -0.15) is 0 Å². The summed E-state index contributed by atoms with van der Waals surface area (Å²) < 4.78 is 6.81. The van der Waals surface area contributed by atoms with Gasteiger partial charge in [0.05, 0.1) is 24.7 Å². The number of hydrogen-bond acceptors (Lipinski definition) is 4. The van der Waals surface area contributed by atoms with Gasteiger partial charge in [-0.1, -0.05) is 13.8 Å². The standard InChI is InChI=1S/C11H24NO.NO3/c1-4-13-10-12(9-11(2)3)7-5-6-8-12;2-1(3)4/h11H,4-10H2,1-3H3;/q+1;-1. The third-order valence-electron chi connectivity index (χ3n) is 2.84. The van der Waals surface area contributed by atoms with Crippen molar-refractivity contribution in [1.82, 2.24) is 0 Å². The zero-order valence-corrected chi connectivity index (χ0v) is 11.1. The van der Waals surface area contributed by atoms with Gasteiger partial charge in [-0.05, 0) is 6.92 Å². The lowest BCUT2D eigenvalue weighted by Crippen LogP contribution is -2.49. The summed E-state index contributed by atoms with van der Waals surface area (Å²) in [5, 5.41) is 14.8. The molecule has 1 fully saturated rings. The van der Waals surface area contributed by atoms with Crippen LogP contribution in [-0.4, -0.2) is 42.5 Å². The van der Waals surface area contributed by atoms with E-state index in [-0.39, 0.29) is 0 Å².